The summed E-state index contributed by atoms with van der Waals surface area (Å²) in [5.41, 5.74) is 1.60. The van der Waals surface area contributed by atoms with Gasteiger partial charge in [0.25, 0.3) is 0 Å². The molecule has 0 N–H and O–H groups in total. The zero-order valence-corrected chi connectivity index (χ0v) is 10.4. The molecule has 1 aromatic heterocycles. The molecule has 0 aliphatic heterocycles. The maximum atomic E-state index is 11.8. The molecule has 1 aliphatic rings. The molecule has 0 amide bonds. The van der Waals surface area contributed by atoms with Gasteiger partial charge in [-0.15, -0.1) is 0 Å². The van der Waals surface area contributed by atoms with Gasteiger partial charge in [0.15, 0.2) is 11.6 Å². The molecule has 0 saturated heterocycles. The summed E-state index contributed by atoms with van der Waals surface area (Å²) in [5.74, 6) is 0.855. The first kappa shape index (κ1) is 12.2. The van der Waals surface area contributed by atoms with Crippen molar-refractivity contribution in [1.29, 1.82) is 0 Å². The summed E-state index contributed by atoms with van der Waals surface area (Å²) in [6.07, 6.45) is 5.03. The minimum atomic E-state index is -0.108. The lowest BCUT2D eigenvalue weighted by molar-refractivity contribution is 0.0697. The van der Waals surface area contributed by atoms with Crippen LogP contribution in [-0.2, 0) is 11.2 Å². The van der Waals surface area contributed by atoms with Crippen LogP contribution >= 0.6 is 0 Å². The summed E-state index contributed by atoms with van der Waals surface area (Å²) in [7, 11) is 0. The van der Waals surface area contributed by atoms with E-state index in [4.69, 9.17) is 4.74 Å². The standard InChI is InChI=1S/C13H18N2O2/c1-3-17-9(2)13-14-8-10-11(15-13)6-4-5-7-12(10)16/h8-9H,3-7H2,1-2H3. The second kappa shape index (κ2) is 5.36. The largest absolute Gasteiger partial charge is 0.371 e. The Kier molecular flexibility index (Phi) is 3.84. The average Bonchev–Trinajstić information content (AvgIpc) is 2.51. The van der Waals surface area contributed by atoms with Gasteiger partial charge in [0.05, 0.1) is 11.3 Å². The van der Waals surface area contributed by atoms with Crippen LogP contribution in [0.4, 0.5) is 0 Å². The van der Waals surface area contributed by atoms with Gasteiger partial charge in [0.2, 0.25) is 0 Å². The molecule has 4 nitrogen and oxygen atoms in total. The van der Waals surface area contributed by atoms with Crippen molar-refractivity contribution >= 4 is 5.78 Å². The first-order valence-electron chi connectivity index (χ1n) is 6.23. The van der Waals surface area contributed by atoms with Crippen LogP contribution in [-0.4, -0.2) is 22.4 Å². The van der Waals surface area contributed by atoms with Crippen molar-refractivity contribution in [3.8, 4) is 0 Å². The van der Waals surface area contributed by atoms with Crippen molar-refractivity contribution in [3.63, 3.8) is 0 Å². The molecule has 1 heterocycles. The van der Waals surface area contributed by atoms with Gasteiger partial charge < -0.3 is 4.74 Å². The predicted molar refractivity (Wildman–Crippen MR) is 64.0 cm³/mol. The summed E-state index contributed by atoms with van der Waals surface area (Å²) in [6, 6.07) is 0. The van der Waals surface area contributed by atoms with Crippen LogP contribution in [0.15, 0.2) is 6.20 Å². The third-order valence-corrected chi connectivity index (χ3v) is 3.03. The minimum Gasteiger partial charge on any atom is -0.371 e. The van der Waals surface area contributed by atoms with E-state index in [1.165, 1.54) is 0 Å². The van der Waals surface area contributed by atoms with Crippen molar-refractivity contribution in [2.24, 2.45) is 0 Å². The lowest BCUT2D eigenvalue weighted by Crippen LogP contribution is -2.10. The predicted octanol–water partition coefficient (Wildman–Crippen LogP) is 2.48. The number of hydrogen-bond acceptors (Lipinski definition) is 4. The topological polar surface area (TPSA) is 52.1 Å². The quantitative estimate of drug-likeness (QED) is 0.754. The van der Waals surface area contributed by atoms with E-state index in [-0.39, 0.29) is 11.9 Å². The van der Waals surface area contributed by atoms with E-state index in [1.807, 2.05) is 13.8 Å². The zero-order valence-electron chi connectivity index (χ0n) is 10.4. The Morgan fingerprint density at radius 3 is 2.94 bits per heavy atom. The number of aromatic nitrogens is 2. The Bertz CT molecular complexity index is 418. The van der Waals surface area contributed by atoms with E-state index in [0.717, 1.165) is 25.0 Å². The van der Waals surface area contributed by atoms with Gasteiger partial charge >= 0.3 is 0 Å². The Balaban J connectivity index is 2.29. The monoisotopic (exact) mass is 234 g/mol. The smallest absolute Gasteiger partial charge is 0.166 e. The Morgan fingerprint density at radius 2 is 2.18 bits per heavy atom. The van der Waals surface area contributed by atoms with E-state index >= 15 is 0 Å². The van der Waals surface area contributed by atoms with Gasteiger partial charge in [-0.3, -0.25) is 4.79 Å². The van der Waals surface area contributed by atoms with Crippen molar-refractivity contribution in [3.05, 3.63) is 23.3 Å². The van der Waals surface area contributed by atoms with Gasteiger partial charge in [0.1, 0.15) is 6.10 Å². The molecule has 1 aromatic rings. The van der Waals surface area contributed by atoms with E-state index in [2.05, 4.69) is 9.97 Å². The number of rotatable bonds is 3. The highest BCUT2D eigenvalue weighted by atomic mass is 16.5. The fraction of sp³-hybridized carbons (Fsp3) is 0.615. The van der Waals surface area contributed by atoms with Gasteiger partial charge in [-0.25, -0.2) is 9.97 Å². The van der Waals surface area contributed by atoms with Crippen LogP contribution in [0, 0.1) is 0 Å². The maximum Gasteiger partial charge on any atom is 0.166 e. The Hall–Kier alpha value is -1.29. The first-order chi connectivity index (χ1) is 8.22. The summed E-state index contributed by atoms with van der Waals surface area (Å²) >= 11 is 0. The number of hydrogen-bond donors (Lipinski definition) is 0. The Morgan fingerprint density at radius 1 is 1.41 bits per heavy atom. The number of aryl methyl sites for hydroxylation is 1. The highest BCUT2D eigenvalue weighted by molar-refractivity contribution is 5.97. The van der Waals surface area contributed by atoms with Crippen LogP contribution in [0.3, 0.4) is 0 Å². The molecule has 0 saturated carbocycles. The van der Waals surface area contributed by atoms with E-state index in [9.17, 15) is 4.79 Å². The fourth-order valence-electron chi connectivity index (χ4n) is 2.09. The van der Waals surface area contributed by atoms with E-state index < -0.39 is 0 Å². The number of Topliss-reactive ketones (excluding diaryl/α,β-unsaturated/α-hetero) is 1. The van der Waals surface area contributed by atoms with Crippen molar-refractivity contribution < 1.29 is 9.53 Å². The van der Waals surface area contributed by atoms with Gasteiger partial charge in [0, 0.05) is 19.2 Å². The highest BCUT2D eigenvalue weighted by Crippen LogP contribution is 2.20. The van der Waals surface area contributed by atoms with Crippen LogP contribution < -0.4 is 0 Å². The summed E-state index contributed by atoms with van der Waals surface area (Å²) < 4.78 is 5.47. The molecule has 0 fully saturated rings. The van der Waals surface area contributed by atoms with Crippen molar-refractivity contribution in [2.45, 2.75) is 45.6 Å². The van der Waals surface area contributed by atoms with Gasteiger partial charge in [-0.1, -0.05) is 0 Å². The number of carbonyl (C=O) groups excluding carboxylic acids is 1. The van der Waals surface area contributed by atoms with Crippen molar-refractivity contribution in [2.75, 3.05) is 6.61 Å². The van der Waals surface area contributed by atoms with Crippen molar-refractivity contribution in [1.82, 2.24) is 9.97 Å². The molecule has 2 rings (SSSR count). The molecule has 0 spiro atoms. The molecule has 92 valence electrons. The lowest BCUT2D eigenvalue weighted by atomic mass is 10.1. The summed E-state index contributed by atoms with van der Waals surface area (Å²) in [4.78, 5) is 20.5. The maximum absolute atomic E-state index is 11.8. The second-order valence-corrected chi connectivity index (χ2v) is 4.32. The van der Waals surface area contributed by atoms with Crippen LogP contribution in [0.2, 0.25) is 0 Å². The minimum absolute atomic E-state index is 0.108. The number of nitrogens with zero attached hydrogens (tertiary/aromatic N) is 2. The molecule has 17 heavy (non-hydrogen) atoms. The van der Waals surface area contributed by atoms with Crippen LogP contribution in [0.5, 0.6) is 0 Å². The summed E-state index contributed by atoms with van der Waals surface area (Å²) in [5, 5.41) is 0. The number of ketones is 1. The molecule has 4 heteroatoms. The molecule has 1 unspecified atom stereocenters. The molecule has 0 radical (unpaired) electrons. The zero-order chi connectivity index (χ0) is 12.3. The molecule has 0 aromatic carbocycles. The number of carbonyl (C=O) groups is 1. The fourth-order valence-corrected chi connectivity index (χ4v) is 2.09. The van der Waals surface area contributed by atoms with E-state index in [0.29, 0.717) is 24.4 Å². The Labute approximate surface area is 101 Å². The SMILES string of the molecule is CCOC(C)c1ncc2c(n1)CCCCC2=O. The molecule has 0 bridgehead atoms. The first-order valence-corrected chi connectivity index (χ1v) is 6.23. The van der Waals surface area contributed by atoms with E-state index in [1.54, 1.807) is 6.20 Å². The molecule has 1 aliphatic carbocycles. The normalized spacial score (nSPS) is 17.4. The van der Waals surface area contributed by atoms with Gasteiger partial charge in [-0.05, 0) is 33.1 Å². The third-order valence-electron chi connectivity index (χ3n) is 3.03. The van der Waals surface area contributed by atoms with Crippen LogP contribution in [0.1, 0.15) is 61.1 Å². The summed E-state index contributed by atoms with van der Waals surface area (Å²) in [6.45, 7) is 4.52. The molecule has 1 atom stereocenters. The second-order valence-electron chi connectivity index (χ2n) is 4.32. The average molecular weight is 234 g/mol. The number of ether oxygens (including phenoxy) is 1. The van der Waals surface area contributed by atoms with Gasteiger partial charge in [-0.2, -0.15) is 0 Å². The molecular weight excluding hydrogens is 216 g/mol. The third kappa shape index (κ3) is 2.69. The molecular formula is C13H18N2O2. The van der Waals surface area contributed by atoms with Crippen LogP contribution in [0.25, 0.3) is 0 Å². The number of fused-ring (bicyclic) bond motifs is 1. The highest BCUT2D eigenvalue weighted by Gasteiger charge is 2.19. The lowest BCUT2D eigenvalue weighted by Gasteiger charge is -2.12.